The van der Waals surface area contributed by atoms with Crippen LogP contribution in [0.5, 0.6) is 0 Å². The van der Waals surface area contributed by atoms with Gasteiger partial charge >= 0.3 is 0 Å². The van der Waals surface area contributed by atoms with Crippen molar-refractivity contribution < 1.29 is 14.3 Å². The molecule has 0 bridgehead atoms. The first kappa shape index (κ1) is 19.5. The number of halogens is 2. The Hall–Kier alpha value is -2.78. The fourth-order valence-corrected chi connectivity index (χ4v) is 3.69. The summed E-state index contributed by atoms with van der Waals surface area (Å²) < 4.78 is 14.4. The molecule has 0 radical (unpaired) electrons. The van der Waals surface area contributed by atoms with Gasteiger partial charge in [-0.25, -0.2) is 19.3 Å². The lowest BCUT2D eigenvalue weighted by atomic mass is 10.1. The van der Waals surface area contributed by atoms with E-state index < -0.39 is 5.82 Å². The molecule has 0 saturated carbocycles. The number of fused-ring (bicyclic) bond motifs is 1. The van der Waals surface area contributed by atoms with Gasteiger partial charge in [-0.1, -0.05) is 11.6 Å². The molecule has 10 heteroatoms. The van der Waals surface area contributed by atoms with E-state index in [-0.39, 0.29) is 30.8 Å². The van der Waals surface area contributed by atoms with Gasteiger partial charge in [-0.15, -0.1) is 0 Å². The number of H-pyrrole nitrogens is 1. The van der Waals surface area contributed by atoms with Crippen LogP contribution in [0, 0.1) is 5.82 Å². The highest BCUT2D eigenvalue weighted by atomic mass is 35.5. The van der Waals surface area contributed by atoms with Crippen LogP contribution >= 0.6 is 11.6 Å². The lowest BCUT2D eigenvalue weighted by molar-refractivity contribution is -0.132. The molecule has 0 unspecified atom stereocenters. The standard InChI is InChI=1S/C19H20ClFN6O2/c20-11-6-13-14(8-23-17(13)22-7-11)18-24-9-15(21)19(26-18)25-12-2-1-4-27(10-12)16(29)3-5-28/h6-9,12,28H,1-5,10H2,(H,22,23)(H,24,25,26)/t12-/m1/s1. The number of aromatic amines is 1. The minimum atomic E-state index is -0.566. The number of carbonyl (C=O) groups is 1. The summed E-state index contributed by atoms with van der Waals surface area (Å²) >= 11 is 6.04. The van der Waals surface area contributed by atoms with Gasteiger partial charge in [0.15, 0.2) is 17.5 Å². The lowest BCUT2D eigenvalue weighted by Crippen LogP contribution is -2.45. The van der Waals surface area contributed by atoms with Crippen LogP contribution in [0.4, 0.5) is 10.2 Å². The van der Waals surface area contributed by atoms with E-state index in [0.29, 0.717) is 35.1 Å². The number of pyridine rings is 1. The summed E-state index contributed by atoms with van der Waals surface area (Å²) in [6, 6.07) is 1.61. The van der Waals surface area contributed by atoms with Crippen molar-refractivity contribution in [3.63, 3.8) is 0 Å². The van der Waals surface area contributed by atoms with Gasteiger partial charge in [0.2, 0.25) is 5.91 Å². The average molecular weight is 419 g/mol. The molecule has 29 heavy (non-hydrogen) atoms. The number of likely N-dealkylation sites (tertiary alicyclic amines) is 1. The normalized spacial score (nSPS) is 16.9. The molecule has 1 saturated heterocycles. The van der Waals surface area contributed by atoms with E-state index in [2.05, 4.69) is 25.3 Å². The van der Waals surface area contributed by atoms with Crippen LogP contribution in [0.2, 0.25) is 5.02 Å². The second-order valence-corrected chi connectivity index (χ2v) is 7.38. The molecule has 4 rings (SSSR count). The lowest BCUT2D eigenvalue weighted by Gasteiger charge is -2.33. The molecule has 1 aliphatic heterocycles. The molecule has 3 N–H and O–H groups in total. The topological polar surface area (TPSA) is 107 Å². The maximum absolute atomic E-state index is 14.4. The van der Waals surface area contributed by atoms with Crippen molar-refractivity contribution in [2.45, 2.75) is 25.3 Å². The highest BCUT2D eigenvalue weighted by Crippen LogP contribution is 2.28. The Morgan fingerprint density at radius 2 is 2.28 bits per heavy atom. The third kappa shape index (κ3) is 4.15. The Balaban J connectivity index is 1.57. The van der Waals surface area contributed by atoms with Crippen molar-refractivity contribution in [2.75, 3.05) is 25.0 Å². The number of aliphatic hydroxyl groups excluding tert-OH is 1. The van der Waals surface area contributed by atoms with Crippen LogP contribution in [0.3, 0.4) is 0 Å². The molecule has 1 atom stereocenters. The predicted molar refractivity (Wildman–Crippen MR) is 107 cm³/mol. The maximum atomic E-state index is 14.4. The predicted octanol–water partition coefficient (Wildman–Crippen LogP) is 2.60. The van der Waals surface area contributed by atoms with E-state index in [1.165, 1.54) is 6.20 Å². The van der Waals surface area contributed by atoms with Crippen molar-refractivity contribution in [1.29, 1.82) is 0 Å². The minimum Gasteiger partial charge on any atom is -0.396 e. The summed E-state index contributed by atoms with van der Waals surface area (Å²) in [5.74, 6) is -0.247. The largest absolute Gasteiger partial charge is 0.396 e. The molecule has 1 fully saturated rings. The van der Waals surface area contributed by atoms with Crippen molar-refractivity contribution in [3.05, 3.63) is 35.5 Å². The number of aliphatic hydroxyl groups is 1. The first-order valence-electron chi connectivity index (χ1n) is 9.36. The molecule has 3 aromatic rings. The Morgan fingerprint density at radius 1 is 1.41 bits per heavy atom. The van der Waals surface area contributed by atoms with E-state index in [4.69, 9.17) is 16.7 Å². The second kappa shape index (κ2) is 8.30. The average Bonchev–Trinajstić information content (AvgIpc) is 3.13. The van der Waals surface area contributed by atoms with E-state index >= 15 is 0 Å². The fourth-order valence-electron chi connectivity index (χ4n) is 3.53. The quantitative estimate of drug-likeness (QED) is 0.588. The second-order valence-electron chi connectivity index (χ2n) is 6.94. The number of anilines is 1. The SMILES string of the molecule is O=C(CCO)N1CCC[C@@H](Nc2nc(-c3c[nH]c4ncc(Cl)cc34)ncc2F)C1. The van der Waals surface area contributed by atoms with Gasteiger partial charge in [0.25, 0.3) is 0 Å². The molecule has 1 aliphatic rings. The van der Waals surface area contributed by atoms with Gasteiger partial charge < -0.3 is 20.3 Å². The highest BCUT2D eigenvalue weighted by Gasteiger charge is 2.24. The van der Waals surface area contributed by atoms with Gasteiger partial charge in [0.05, 0.1) is 17.8 Å². The van der Waals surface area contributed by atoms with Crippen LogP contribution in [0.15, 0.2) is 24.7 Å². The minimum absolute atomic E-state index is 0.0841. The summed E-state index contributed by atoms with van der Waals surface area (Å²) in [4.78, 5) is 29.4. The third-order valence-electron chi connectivity index (χ3n) is 4.92. The Bertz CT molecular complexity index is 1040. The zero-order valence-electron chi connectivity index (χ0n) is 15.5. The van der Waals surface area contributed by atoms with Gasteiger partial charge in [0.1, 0.15) is 5.65 Å². The van der Waals surface area contributed by atoms with Crippen molar-refractivity contribution in [3.8, 4) is 11.4 Å². The van der Waals surface area contributed by atoms with E-state index in [0.717, 1.165) is 24.4 Å². The van der Waals surface area contributed by atoms with Crippen LogP contribution in [0.1, 0.15) is 19.3 Å². The van der Waals surface area contributed by atoms with Crippen molar-refractivity contribution >= 4 is 34.4 Å². The molecular weight excluding hydrogens is 399 g/mol. The molecule has 1 amide bonds. The molecule has 3 aromatic heterocycles. The summed E-state index contributed by atoms with van der Waals surface area (Å²) in [6.45, 7) is 0.892. The molecule has 4 heterocycles. The zero-order chi connectivity index (χ0) is 20.4. The van der Waals surface area contributed by atoms with E-state index in [1.54, 1.807) is 17.2 Å². The number of nitrogens with zero attached hydrogens (tertiary/aromatic N) is 4. The van der Waals surface area contributed by atoms with Gasteiger partial charge in [-0.2, -0.15) is 0 Å². The molecule has 0 spiro atoms. The number of piperidine rings is 1. The summed E-state index contributed by atoms with van der Waals surface area (Å²) in [5.41, 5.74) is 1.30. The number of hydrogen-bond acceptors (Lipinski definition) is 6. The number of carbonyl (C=O) groups excluding carboxylic acids is 1. The smallest absolute Gasteiger partial charge is 0.224 e. The van der Waals surface area contributed by atoms with Crippen molar-refractivity contribution in [1.82, 2.24) is 24.8 Å². The highest BCUT2D eigenvalue weighted by molar-refractivity contribution is 6.31. The number of amides is 1. The van der Waals surface area contributed by atoms with E-state index in [9.17, 15) is 9.18 Å². The first-order chi connectivity index (χ1) is 14.0. The fraction of sp³-hybridized carbons (Fsp3) is 0.368. The number of rotatable bonds is 5. The molecule has 0 aromatic carbocycles. The van der Waals surface area contributed by atoms with Crippen LogP contribution in [-0.4, -0.2) is 61.6 Å². The summed E-state index contributed by atoms with van der Waals surface area (Å²) in [7, 11) is 0. The molecule has 152 valence electrons. The zero-order valence-corrected chi connectivity index (χ0v) is 16.3. The summed E-state index contributed by atoms with van der Waals surface area (Å²) in [5, 5.41) is 13.3. The third-order valence-corrected chi connectivity index (χ3v) is 5.13. The van der Waals surface area contributed by atoms with Gasteiger partial charge in [-0.05, 0) is 18.9 Å². The maximum Gasteiger partial charge on any atom is 0.224 e. The van der Waals surface area contributed by atoms with Gasteiger partial charge in [0, 0.05) is 48.9 Å². The Labute approximate surface area is 171 Å². The van der Waals surface area contributed by atoms with Crippen LogP contribution in [-0.2, 0) is 4.79 Å². The number of nitrogens with one attached hydrogen (secondary N) is 2. The van der Waals surface area contributed by atoms with Crippen molar-refractivity contribution in [2.24, 2.45) is 0 Å². The first-order valence-corrected chi connectivity index (χ1v) is 9.73. The van der Waals surface area contributed by atoms with Gasteiger partial charge in [-0.3, -0.25) is 4.79 Å². The Kier molecular flexibility index (Phi) is 5.59. The molecular formula is C19H20ClFN6O2. The number of aromatic nitrogens is 4. The van der Waals surface area contributed by atoms with Crippen LogP contribution < -0.4 is 5.32 Å². The Morgan fingerprint density at radius 3 is 3.10 bits per heavy atom. The summed E-state index contributed by atoms with van der Waals surface area (Å²) in [6.07, 6.45) is 6.04. The molecule has 8 nitrogen and oxygen atoms in total. The molecule has 0 aliphatic carbocycles. The van der Waals surface area contributed by atoms with Crippen LogP contribution in [0.25, 0.3) is 22.4 Å². The monoisotopic (exact) mass is 418 g/mol. The van der Waals surface area contributed by atoms with E-state index in [1.807, 2.05) is 0 Å². The number of hydrogen-bond donors (Lipinski definition) is 3.